The van der Waals surface area contributed by atoms with E-state index < -0.39 is 47.2 Å². The summed E-state index contributed by atoms with van der Waals surface area (Å²) in [6, 6.07) is 2.39. The van der Waals surface area contributed by atoms with Crippen molar-refractivity contribution in [2.75, 3.05) is 30.4 Å². The van der Waals surface area contributed by atoms with Crippen LogP contribution in [0.4, 0.5) is 5.13 Å². The summed E-state index contributed by atoms with van der Waals surface area (Å²) < 4.78 is 1.23. The summed E-state index contributed by atoms with van der Waals surface area (Å²) in [5.41, 5.74) is 4.52. The number of carbonyl (C=O) groups excluding carboxylic acids is 2. The number of hydrogen-bond donors (Lipinski definition) is 4. The minimum absolute atomic E-state index is 0.0516. The second-order valence-electron chi connectivity index (χ2n) is 8.37. The number of nitrogen functional groups attached to an aromatic ring is 1. The number of carbonyl (C=O) groups is 4. The fourth-order valence-electron chi connectivity index (χ4n) is 3.79. The fraction of sp³-hybridized carbons (Fsp3) is 0.368. The average molecular weight is 595 g/mol. The summed E-state index contributed by atoms with van der Waals surface area (Å²) in [4.78, 5) is 59.1. The highest BCUT2D eigenvalue weighted by Gasteiger charge is 2.57. The Kier molecular flexibility index (Phi) is 7.23. The van der Waals surface area contributed by atoms with Crippen LogP contribution in [0, 0.1) is 5.41 Å². The first kappa shape index (κ1) is 26.6. The Balaban J connectivity index is 1.25. The minimum atomic E-state index is -1.30. The van der Waals surface area contributed by atoms with Crippen molar-refractivity contribution in [1.29, 1.82) is 0 Å². The lowest BCUT2D eigenvalue weighted by Gasteiger charge is -2.53. The topological polar surface area (TPSA) is 240 Å². The number of tetrazole rings is 1. The molecular weight excluding hydrogens is 576 g/mol. The zero-order chi connectivity index (χ0) is 27.7. The summed E-state index contributed by atoms with van der Waals surface area (Å²) >= 11 is 3.47. The highest BCUT2D eigenvalue weighted by atomic mass is 32.2. The van der Waals surface area contributed by atoms with Gasteiger partial charge in [-0.1, -0.05) is 5.16 Å². The van der Waals surface area contributed by atoms with E-state index in [0.29, 0.717) is 10.7 Å². The maximum atomic E-state index is 13.0. The molecule has 17 nitrogen and oxygen atoms in total. The van der Waals surface area contributed by atoms with E-state index in [9.17, 15) is 24.3 Å². The highest BCUT2D eigenvalue weighted by Crippen LogP contribution is 2.44. The number of aromatic nitrogens is 6. The molecule has 0 aliphatic carbocycles. The number of anilines is 1. The largest absolute Gasteiger partial charge is 0.481 e. The van der Waals surface area contributed by atoms with Gasteiger partial charge in [-0.05, 0) is 22.6 Å². The van der Waals surface area contributed by atoms with Gasteiger partial charge in [-0.15, -0.1) is 49.7 Å². The van der Waals surface area contributed by atoms with E-state index in [2.05, 4.69) is 36.1 Å². The SMILES string of the molecule is Nc1nc(C(=NOCC(=O)O)C(=O)NC2C(=O)N3CC(CSc4ccc5nnnn5n4)(C(=O)O)CS[C@H]23)cs1. The normalized spacial score (nSPS) is 22.7. The van der Waals surface area contributed by atoms with Crippen LogP contribution in [-0.2, 0) is 24.0 Å². The molecule has 3 atom stereocenters. The Bertz CT molecular complexity index is 1500. The first-order valence-electron chi connectivity index (χ1n) is 10.9. The molecule has 2 amide bonds. The molecule has 0 bridgehead atoms. The number of aliphatic carboxylic acids is 2. The van der Waals surface area contributed by atoms with Gasteiger partial charge in [0.05, 0.1) is 0 Å². The summed E-state index contributed by atoms with van der Waals surface area (Å²) in [5, 5.41) is 41.9. The number of oxime groups is 1. The van der Waals surface area contributed by atoms with Crippen molar-refractivity contribution >= 4 is 75.1 Å². The van der Waals surface area contributed by atoms with Crippen molar-refractivity contribution < 1.29 is 34.2 Å². The molecule has 5 N–H and O–H groups in total. The van der Waals surface area contributed by atoms with Gasteiger partial charge in [0.1, 0.15) is 27.6 Å². The van der Waals surface area contributed by atoms with Gasteiger partial charge in [0.25, 0.3) is 5.91 Å². The monoisotopic (exact) mass is 594 g/mol. The van der Waals surface area contributed by atoms with Crippen molar-refractivity contribution in [2.24, 2.45) is 10.6 Å². The molecule has 3 aromatic heterocycles. The molecule has 3 aromatic rings. The number of β-lactam (4-membered cyclic amide) rings is 1. The Morgan fingerprint density at radius 2 is 2.15 bits per heavy atom. The molecular formula is C19H18N10O7S3. The molecule has 5 rings (SSSR count). The van der Waals surface area contributed by atoms with Crippen molar-refractivity contribution in [1.82, 2.24) is 40.5 Å². The van der Waals surface area contributed by atoms with E-state index in [4.69, 9.17) is 15.7 Å². The van der Waals surface area contributed by atoms with Crippen LogP contribution in [-0.4, -0.2) is 111 Å². The second-order valence-corrected chi connectivity index (χ2v) is 11.4. The zero-order valence-electron chi connectivity index (χ0n) is 19.5. The number of carboxylic acid groups (broad SMARTS) is 2. The van der Waals surface area contributed by atoms with E-state index in [0.717, 1.165) is 11.3 Å². The Labute approximate surface area is 230 Å². The quantitative estimate of drug-likeness (QED) is 0.0915. The number of thioether (sulfide) groups is 2. The van der Waals surface area contributed by atoms with E-state index in [1.807, 2.05) is 0 Å². The van der Waals surface area contributed by atoms with E-state index in [1.54, 1.807) is 12.1 Å². The first-order chi connectivity index (χ1) is 18.7. The summed E-state index contributed by atoms with van der Waals surface area (Å²) in [5.74, 6) is -3.34. The van der Waals surface area contributed by atoms with Crippen molar-refractivity contribution in [2.45, 2.75) is 16.4 Å². The van der Waals surface area contributed by atoms with Gasteiger partial charge in [-0.2, -0.15) is 0 Å². The number of nitrogens with two attached hydrogens (primary N) is 1. The molecule has 2 aliphatic heterocycles. The number of rotatable bonds is 10. The predicted octanol–water partition coefficient (Wildman–Crippen LogP) is -1.37. The second kappa shape index (κ2) is 10.6. The smallest absolute Gasteiger partial charge is 0.344 e. The van der Waals surface area contributed by atoms with E-state index in [1.165, 1.54) is 38.4 Å². The predicted molar refractivity (Wildman–Crippen MR) is 136 cm³/mol. The van der Waals surface area contributed by atoms with Gasteiger partial charge < -0.3 is 31.0 Å². The third-order valence-corrected chi connectivity index (χ3v) is 9.22. The third kappa shape index (κ3) is 5.29. The summed E-state index contributed by atoms with van der Waals surface area (Å²) in [6.07, 6.45) is 0. The van der Waals surface area contributed by atoms with Crippen LogP contribution >= 0.6 is 34.9 Å². The molecule has 0 spiro atoms. The highest BCUT2D eigenvalue weighted by molar-refractivity contribution is 8.00. The molecule has 2 saturated heterocycles. The Morgan fingerprint density at radius 1 is 1.33 bits per heavy atom. The maximum absolute atomic E-state index is 13.0. The average Bonchev–Trinajstić information content (AvgIpc) is 3.56. The molecule has 0 saturated carbocycles. The molecule has 0 aromatic carbocycles. The van der Waals surface area contributed by atoms with Crippen molar-refractivity contribution in [3.63, 3.8) is 0 Å². The van der Waals surface area contributed by atoms with Crippen LogP contribution in [0.2, 0.25) is 0 Å². The van der Waals surface area contributed by atoms with E-state index in [-0.39, 0.29) is 34.6 Å². The minimum Gasteiger partial charge on any atom is -0.481 e. The molecule has 5 heterocycles. The van der Waals surface area contributed by atoms with Crippen LogP contribution in [0.1, 0.15) is 5.69 Å². The molecule has 204 valence electrons. The van der Waals surface area contributed by atoms with Crippen LogP contribution in [0.5, 0.6) is 0 Å². The molecule has 39 heavy (non-hydrogen) atoms. The van der Waals surface area contributed by atoms with E-state index >= 15 is 0 Å². The number of nitrogens with zero attached hydrogens (tertiary/aromatic N) is 8. The van der Waals surface area contributed by atoms with Crippen LogP contribution in [0.3, 0.4) is 0 Å². The number of nitrogens with one attached hydrogen (secondary N) is 1. The zero-order valence-corrected chi connectivity index (χ0v) is 22.0. The van der Waals surface area contributed by atoms with Gasteiger partial charge in [0, 0.05) is 23.4 Å². The van der Waals surface area contributed by atoms with Gasteiger partial charge in [-0.3, -0.25) is 14.4 Å². The van der Waals surface area contributed by atoms with Gasteiger partial charge in [0.15, 0.2) is 16.5 Å². The Hall–Kier alpha value is -4.04. The molecule has 2 unspecified atom stereocenters. The number of thiazole rings is 1. The van der Waals surface area contributed by atoms with Gasteiger partial charge in [0.2, 0.25) is 12.5 Å². The van der Waals surface area contributed by atoms with Crippen LogP contribution < -0.4 is 11.1 Å². The van der Waals surface area contributed by atoms with Gasteiger partial charge >= 0.3 is 11.9 Å². The standard InChI is InChI=1S/C19H18N10O7S3/c20-18-21-8(4-37-18)12(25-36-3-11(30)31)14(32)22-13-15(33)28-5-19(17(34)35,7-39-16(13)28)6-38-10-2-1-9-23-26-27-29(9)24-10/h1-2,4,13,16H,3,5-7H2,(H2,20,21)(H,22,32)(H,30,31)(H,34,35)/t13?,16-,19?/m1/s1. The number of hydrogen-bond acceptors (Lipinski definition) is 15. The summed E-state index contributed by atoms with van der Waals surface area (Å²) in [6.45, 7) is -0.851. The molecule has 20 heteroatoms. The number of amides is 2. The number of carboxylic acids is 2. The molecule has 0 radical (unpaired) electrons. The maximum Gasteiger partial charge on any atom is 0.344 e. The van der Waals surface area contributed by atoms with Crippen LogP contribution in [0.15, 0.2) is 27.7 Å². The lowest BCUT2D eigenvalue weighted by Crippen LogP contribution is -2.74. The molecule has 2 aliphatic rings. The lowest BCUT2D eigenvalue weighted by molar-refractivity contribution is -0.157. The number of fused-ring (bicyclic) bond motifs is 2. The Morgan fingerprint density at radius 3 is 2.87 bits per heavy atom. The fourth-order valence-corrected chi connectivity index (χ4v) is 7.05. The van der Waals surface area contributed by atoms with Crippen molar-refractivity contribution in [3.8, 4) is 0 Å². The van der Waals surface area contributed by atoms with Gasteiger partial charge in [-0.25, -0.2) is 9.78 Å². The third-order valence-electron chi connectivity index (χ3n) is 5.75. The van der Waals surface area contributed by atoms with Crippen LogP contribution in [0.25, 0.3) is 5.65 Å². The lowest BCUT2D eigenvalue weighted by atomic mass is 9.89. The molecule has 2 fully saturated rings. The van der Waals surface area contributed by atoms with Crippen molar-refractivity contribution in [3.05, 3.63) is 23.2 Å². The first-order valence-corrected chi connectivity index (χ1v) is 13.9. The summed E-state index contributed by atoms with van der Waals surface area (Å²) in [7, 11) is 0.